The second-order valence-corrected chi connectivity index (χ2v) is 7.81. The zero-order valence-electron chi connectivity index (χ0n) is 14.4. The molecule has 0 aliphatic rings. The Labute approximate surface area is 151 Å². The summed E-state index contributed by atoms with van der Waals surface area (Å²) in [5, 5.41) is 0.748. The Morgan fingerprint density at radius 3 is 2.27 bits per heavy atom. The molecule has 1 heterocycles. The number of amides is 1. The van der Waals surface area contributed by atoms with Gasteiger partial charge in [-0.3, -0.25) is 18.9 Å². The van der Waals surface area contributed by atoms with Crippen LogP contribution in [0.2, 0.25) is 0 Å². The van der Waals surface area contributed by atoms with E-state index in [0.29, 0.717) is 22.3 Å². The van der Waals surface area contributed by atoms with Crippen LogP contribution in [0.15, 0.2) is 54.6 Å². The third kappa shape index (κ3) is 3.52. The maximum absolute atomic E-state index is 13.0. The molecule has 6 nitrogen and oxygen atoms in total. The SMILES string of the molecule is Cc1c(CC(=O)NS(C)(=O)=O)c2ccccc2n1C(=O)c1ccccc1. The molecule has 0 bridgehead atoms. The van der Waals surface area contributed by atoms with Crippen molar-refractivity contribution in [1.82, 2.24) is 9.29 Å². The largest absolute Gasteiger partial charge is 0.280 e. The van der Waals surface area contributed by atoms with E-state index in [9.17, 15) is 18.0 Å². The minimum Gasteiger partial charge on any atom is -0.280 e. The molecule has 0 saturated carbocycles. The Hall–Kier alpha value is -2.93. The van der Waals surface area contributed by atoms with Gasteiger partial charge in [0, 0.05) is 16.6 Å². The van der Waals surface area contributed by atoms with Crippen LogP contribution in [0, 0.1) is 6.92 Å². The maximum Gasteiger partial charge on any atom is 0.262 e. The third-order valence-electron chi connectivity index (χ3n) is 4.10. The van der Waals surface area contributed by atoms with Gasteiger partial charge in [-0.2, -0.15) is 0 Å². The van der Waals surface area contributed by atoms with E-state index in [-0.39, 0.29) is 12.3 Å². The first-order valence-electron chi connectivity index (χ1n) is 7.97. The molecule has 7 heteroatoms. The lowest BCUT2D eigenvalue weighted by Crippen LogP contribution is -2.30. The number of sulfonamides is 1. The van der Waals surface area contributed by atoms with Crippen LogP contribution < -0.4 is 4.72 Å². The van der Waals surface area contributed by atoms with Gasteiger partial charge in [0.2, 0.25) is 15.9 Å². The lowest BCUT2D eigenvalue weighted by Gasteiger charge is -2.08. The van der Waals surface area contributed by atoms with Crippen molar-refractivity contribution in [3.05, 3.63) is 71.4 Å². The fraction of sp³-hybridized carbons (Fsp3) is 0.158. The Morgan fingerprint density at radius 1 is 1.00 bits per heavy atom. The number of hydrogen-bond acceptors (Lipinski definition) is 4. The van der Waals surface area contributed by atoms with Gasteiger partial charge in [-0.25, -0.2) is 8.42 Å². The molecule has 134 valence electrons. The third-order valence-corrected chi connectivity index (χ3v) is 4.70. The molecular weight excluding hydrogens is 352 g/mol. The van der Waals surface area contributed by atoms with Gasteiger partial charge in [0.15, 0.2) is 0 Å². The highest BCUT2D eigenvalue weighted by atomic mass is 32.2. The number of aromatic nitrogens is 1. The summed E-state index contributed by atoms with van der Waals surface area (Å²) in [6.07, 6.45) is 0.800. The second-order valence-electron chi connectivity index (χ2n) is 6.06. The van der Waals surface area contributed by atoms with E-state index in [2.05, 4.69) is 0 Å². The fourth-order valence-corrected chi connectivity index (χ4v) is 3.52. The number of hydrogen-bond donors (Lipinski definition) is 1. The van der Waals surface area contributed by atoms with Crippen LogP contribution in [0.1, 0.15) is 21.6 Å². The first-order valence-corrected chi connectivity index (χ1v) is 9.86. The maximum atomic E-state index is 13.0. The monoisotopic (exact) mass is 370 g/mol. The van der Waals surface area contributed by atoms with Crippen LogP contribution >= 0.6 is 0 Å². The summed E-state index contributed by atoms with van der Waals surface area (Å²) in [7, 11) is -3.64. The van der Waals surface area contributed by atoms with Crippen molar-refractivity contribution in [2.45, 2.75) is 13.3 Å². The van der Waals surface area contributed by atoms with E-state index < -0.39 is 15.9 Å². The van der Waals surface area contributed by atoms with Crippen molar-refractivity contribution < 1.29 is 18.0 Å². The van der Waals surface area contributed by atoms with Gasteiger partial charge in [0.25, 0.3) is 5.91 Å². The number of fused-ring (bicyclic) bond motifs is 1. The zero-order valence-corrected chi connectivity index (χ0v) is 15.2. The quantitative estimate of drug-likeness (QED) is 0.763. The Balaban J connectivity index is 2.10. The molecule has 0 aliphatic heterocycles. The Morgan fingerprint density at radius 2 is 1.62 bits per heavy atom. The van der Waals surface area contributed by atoms with Gasteiger partial charge >= 0.3 is 0 Å². The zero-order chi connectivity index (χ0) is 18.9. The van der Waals surface area contributed by atoms with Crippen molar-refractivity contribution in [2.24, 2.45) is 0 Å². The number of para-hydroxylation sites is 1. The molecular formula is C19H18N2O4S. The van der Waals surface area contributed by atoms with Crippen molar-refractivity contribution in [1.29, 1.82) is 0 Å². The van der Waals surface area contributed by atoms with Gasteiger partial charge in [-0.05, 0) is 30.7 Å². The molecule has 3 rings (SSSR count). The molecule has 0 aliphatic carbocycles. The molecule has 3 aromatic rings. The first kappa shape index (κ1) is 17.9. The summed E-state index contributed by atoms with van der Waals surface area (Å²) in [5.74, 6) is -0.834. The molecule has 1 aromatic heterocycles. The number of carbonyl (C=O) groups is 2. The smallest absolute Gasteiger partial charge is 0.262 e. The van der Waals surface area contributed by atoms with E-state index >= 15 is 0 Å². The number of rotatable bonds is 4. The summed E-state index contributed by atoms with van der Waals surface area (Å²) in [4.78, 5) is 25.1. The average molecular weight is 370 g/mol. The molecule has 0 saturated heterocycles. The van der Waals surface area contributed by atoms with Crippen LogP contribution in [0.25, 0.3) is 10.9 Å². The average Bonchev–Trinajstić information content (AvgIpc) is 2.86. The van der Waals surface area contributed by atoms with Crippen LogP contribution in [0.4, 0.5) is 0 Å². The summed E-state index contributed by atoms with van der Waals surface area (Å²) in [5.41, 5.74) is 2.46. The van der Waals surface area contributed by atoms with E-state index in [1.165, 1.54) is 0 Å². The molecule has 0 atom stereocenters. The van der Waals surface area contributed by atoms with E-state index in [1.54, 1.807) is 41.8 Å². The Bertz CT molecular complexity index is 1100. The highest BCUT2D eigenvalue weighted by Gasteiger charge is 2.21. The standard InChI is InChI=1S/C19H18N2O4S/c1-13-16(12-18(22)20-26(2,24)25)15-10-6-7-11-17(15)21(13)19(23)14-8-4-3-5-9-14/h3-11H,12H2,1-2H3,(H,20,22). The molecule has 2 aromatic carbocycles. The van der Waals surface area contributed by atoms with Crippen LogP contribution in [0.3, 0.4) is 0 Å². The van der Waals surface area contributed by atoms with Crippen molar-refractivity contribution in [2.75, 3.05) is 6.26 Å². The van der Waals surface area contributed by atoms with Crippen molar-refractivity contribution in [3.8, 4) is 0 Å². The predicted molar refractivity (Wildman–Crippen MR) is 99.5 cm³/mol. The predicted octanol–water partition coefficient (Wildman–Crippen LogP) is 2.26. The molecule has 0 fully saturated rings. The van der Waals surface area contributed by atoms with E-state index in [1.807, 2.05) is 29.0 Å². The van der Waals surface area contributed by atoms with E-state index in [0.717, 1.165) is 11.6 Å². The number of nitrogens with zero attached hydrogens (tertiary/aromatic N) is 1. The van der Waals surface area contributed by atoms with Crippen LogP contribution in [-0.2, 0) is 21.2 Å². The highest BCUT2D eigenvalue weighted by Crippen LogP contribution is 2.27. The minimum atomic E-state index is -3.64. The second kappa shape index (κ2) is 6.76. The minimum absolute atomic E-state index is 0.130. The highest BCUT2D eigenvalue weighted by molar-refractivity contribution is 7.89. The lowest BCUT2D eigenvalue weighted by atomic mass is 10.1. The van der Waals surface area contributed by atoms with Crippen LogP contribution in [0.5, 0.6) is 0 Å². The topological polar surface area (TPSA) is 85.2 Å². The molecule has 26 heavy (non-hydrogen) atoms. The number of benzene rings is 2. The van der Waals surface area contributed by atoms with Gasteiger partial charge in [0.1, 0.15) is 0 Å². The van der Waals surface area contributed by atoms with Gasteiger partial charge in [0.05, 0.1) is 18.2 Å². The normalized spacial score (nSPS) is 11.5. The first-order chi connectivity index (χ1) is 12.3. The summed E-state index contributed by atoms with van der Waals surface area (Å²) in [6, 6.07) is 16.1. The van der Waals surface area contributed by atoms with Crippen molar-refractivity contribution in [3.63, 3.8) is 0 Å². The molecule has 1 amide bonds. The summed E-state index contributed by atoms with van der Waals surface area (Å²) < 4.78 is 26.1. The molecule has 0 spiro atoms. The Kier molecular flexibility index (Phi) is 4.65. The molecule has 1 N–H and O–H groups in total. The molecule has 0 radical (unpaired) electrons. The summed E-state index contributed by atoms with van der Waals surface area (Å²) >= 11 is 0. The van der Waals surface area contributed by atoms with Crippen LogP contribution in [-0.4, -0.2) is 31.1 Å². The van der Waals surface area contributed by atoms with Gasteiger partial charge in [-0.1, -0.05) is 36.4 Å². The number of carbonyl (C=O) groups excluding carboxylic acids is 2. The molecule has 0 unspecified atom stereocenters. The van der Waals surface area contributed by atoms with Crippen molar-refractivity contribution >= 4 is 32.7 Å². The lowest BCUT2D eigenvalue weighted by molar-refractivity contribution is -0.118. The van der Waals surface area contributed by atoms with E-state index in [4.69, 9.17) is 0 Å². The summed E-state index contributed by atoms with van der Waals surface area (Å²) in [6.45, 7) is 1.75. The van der Waals surface area contributed by atoms with Gasteiger partial charge in [-0.15, -0.1) is 0 Å². The van der Waals surface area contributed by atoms with Gasteiger partial charge < -0.3 is 0 Å². The fourth-order valence-electron chi connectivity index (χ4n) is 3.03. The number of nitrogens with one attached hydrogen (secondary N) is 1.